The molecule has 1 saturated carbocycles. The fourth-order valence-electron chi connectivity index (χ4n) is 4.63. The number of hydrogen-bond donors (Lipinski definition) is 1. The summed E-state index contributed by atoms with van der Waals surface area (Å²) in [6.45, 7) is 5.61. The lowest BCUT2D eigenvalue weighted by atomic mass is 9.77. The number of urea groups is 1. The zero-order chi connectivity index (χ0) is 20.7. The number of carbonyl (C=O) groups is 3. The van der Waals surface area contributed by atoms with E-state index in [1.807, 2.05) is 13.8 Å². The summed E-state index contributed by atoms with van der Waals surface area (Å²) in [6, 6.07) is -1.06. The van der Waals surface area contributed by atoms with Gasteiger partial charge in [0.1, 0.15) is 12.1 Å². The van der Waals surface area contributed by atoms with Crippen molar-refractivity contribution in [2.45, 2.75) is 76.9 Å². The fraction of sp³-hybridized carbons (Fsp3) is 0.842. The van der Waals surface area contributed by atoms with E-state index in [2.05, 4.69) is 12.2 Å². The van der Waals surface area contributed by atoms with Crippen molar-refractivity contribution in [3.05, 3.63) is 0 Å². The van der Waals surface area contributed by atoms with Gasteiger partial charge in [-0.15, -0.1) is 0 Å². The average molecular weight is 414 g/mol. The van der Waals surface area contributed by atoms with Gasteiger partial charge in [-0.3, -0.25) is 14.5 Å². The maximum atomic E-state index is 13.1. The van der Waals surface area contributed by atoms with E-state index >= 15 is 0 Å². The van der Waals surface area contributed by atoms with Crippen LogP contribution in [-0.2, 0) is 19.4 Å². The monoisotopic (exact) mass is 413 g/mol. The van der Waals surface area contributed by atoms with Gasteiger partial charge in [0.15, 0.2) is 9.84 Å². The molecule has 0 aromatic heterocycles. The van der Waals surface area contributed by atoms with Crippen LogP contribution in [0.2, 0.25) is 0 Å². The van der Waals surface area contributed by atoms with Crippen LogP contribution in [0.25, 0.3) is 0 Å². The standard InChI is InChI=1S/C19H31N3O5S/c1-4-14(3)22(15-7-10-28(26,27)12-15)16(23)11-21-17(24)19(20-18(21)25)8-5-13(2)6-9-19/h13-15H,4-12H2,1-3H3,(H,20,25)/t13?,14-,15+,19?/m1/s1. The highest BCUT2D eigenvalue weighted by atomic mass is 32.2. The number of nitrogens with one attached hydrogen (secondary N) is 1. The molecule has 0 unspecified atom stereocenters. The van der Waals surface area contributed by atoms with Crippen LogP contribution in [0.15, 0.2) is 0 Å². The Labute approximate surface area is 166 Å². The van der Waals surface area contributed by atoms with Gasteiger partial charge in [0.2, 0.25) is 5.91 Å². The highest BCUT2D eigenvalue weighted by molar-refractivity contribution is 7.91. The minimum Gasteiger partial charge on any atom is -0.334 e. The number of amides is 4. The fourth-order valence-corrected chi connectivity index (χ4v) is 6.34. The molecule has 3 aliphatic rings. The number of sulfone groups is 1. The number of nitrogens with zero attached hydrogens (tertiary/aromatic N) is 2. The predicted octanol–water partition coefficient (Wildman–Crippen LogP) is 1.30. The van der Waals surface area contributed by atoms with Gasteiger partial charge in [0.05, 0.1) is 11.5 Å². The Bertz CT molecular complexity index is 758. The molecule has 2 atom stereocenters. The molecule has 2 aliphatic heterocycles. The molecule has 158 valence electrons. The molecule has 0 aromatic rings. The molecule has 1 spiro atoms. The first-order valence-corrected chi connectivity index (χ1v) is 12.1. The van der Waals surface area contributed by atoms with E-state index in [4.69, 9.17) is 0 Å². The molecule has 8 nitrogen and oxygen atoms in total. The lowest BCUT2D eigenvalue weighted by Crippen LogP contribution is -2.52. The van der Waals surface area contributed by atoms with Gasteiger partial charge in [-0.2, -0.15) is 0 Å². The normalized spacial score (nSPS) is 33.2. The third-order valence-corrected chi connectivity index (χ3v) is 8.37. The topological polar surface area (TPSA) is 104 Å². The van der Waals surface area contributed by atoms with Crippen LogP contribution in [0.5, 0.6) is 0 Å². The van der Waals surface area contributed by atoms with Gasteiger partial charge in [0, 0.05) is 12.1 Å². The number of rotatable bonds is 5. The van der Waals surface area contributed by atoms with Crippen LogP contribution in [0.1, 0.15) is 59.3 Å². The minimum absolute atomic E-state index is 0.0505. The van der Waals surface area contributed by atoms with Gasteiger partial charge in [-0.05, 0) is 51.4 Å². The molecule has 2 heterocycles. The van der Waals surface area contributed by atoms with Gasteiger partial charge < -0.3 is 10.2 Å². The second-order valence-electron chi connectivity index (χ2n) is 8.70. The van der Waals surface area contributed by atoms with Crippen LogP contribution in [0.4, 0.5) is 4.79 Å². The van der Waals surface area contributed by atoms with Crippen molar-refractivity contribution in [3.63, 3.8) is 0 Å². The number of hydrogen-bond acceptors (Lipinski definition) is 5. The quantitative estimate of drug-likeness (QED) is 0.684. The SMILES string of the molecule is CC[C@@H](C)N(C(=O)CN1C(=O)NC2(CCC(C)CC2)C1=O)[C@H]1CCS(=O)(=O)C1. The van der Waals surface area contributed by atoms with Gasteiger partial charge in [0.25, 0.3) is 5.91 Å². The molecule has 3 rings (SSSR count). The summed E-state index contributed by atoms with van der Waals surface area (Å²) in [5, 5.41) is 2.83. The maximum absolute atomic E-state index is 13.1. The molecular weight excluding hydrogens is 382 g/mol. The zero-order valence-electron chi connectivity index (χ0n) is 16.9. The Morgan fingerprint density at radius 2 is 1.93 bits per heavy atom. The lowest BCUT2D eigenvalue weighted by Gasteiger charge is -2.35. The van der Waals surface area contributed by atoms with E-state index in [1.54, 1.807) is 4.90 Å². The van der Waals surface area contributed by atoms with Crippen molar-refractivity contribution >= 4 is 27.7 Å². The maximum Gasteiger partial charge on any atom is 0.325 e. The summed E-state index contributed by atoms with van der Waals surface area (Å²) in [5.74, 6) is -0.133. The molecule has 1 aliphatic carbocycles. The van der Waals surface area contributed by atoms with E-state index in [0.29, 0.717) is 31.6 Å². The van der Waals surface area contributed by atoms with E-state index in [1.165, 1.54) is 0 Å². The molecule has 4 amide bonds. The van der Waals surface area contributed by atoms with Crippen molar-refractivity contribution in [1.29, 1.82) is 0 Å². The summed E-state index contributed by atoms with van der Waals surface area (Å²) in [5.41, 5.74) is -0.873. The summed E-state index contributed by atoms with van der Waals surface area (Å²) >= 11 is 0. The third-order valence-electron chi connectivity index (χ3n) is 6.62. The summed E-state index contributed by atoms with van der Waals surface area (Å²) in [6.07, 6.45) is 4.00. The summed E-state index contributed by atoms with van der Waals surface area (Å²) < 4.78 is 23.8. The van der Waals surface area contributed by atoms with Crippen molar-refractivity contribution in [3.8, 4) is 0 Å². The van der Waals surface area contributed by atoms with Gasteiger partial charge in [-0.25, -0.2) is 13.2 Å². The average Bonchev–Trinajstić information content (AvgIpc) is 3.10. The molecule has 9 heteroatoms. The van der Waals surface area contributed by atoms with Crippen molar-refractivity contribution in [2.75, 3.05) is 18.1 Å². The van der Waals surface area contributed by atoms with Gasteiger partial charge in [-0.1, -0.05) is 13.8 Å². The molecule has 3 fully saturated rings. The van der Waals surface area contributed by atoms with E-state index in [0.717, 1.165) is 17.7 Å². The molecule has 28 heavy (non-hydrogen) atoms. The van der Waals surface area contributed by atoms with Crippen LogP contribution < -0.4 is 5.32 Å². The minimum atomic E-state index is -3.15. The first-order valence-electron chi connectivity index (χ1n) is 10.2. The highest BCUT2D eigenvalue weighted by Crippen LogP contribution is 2.36. The van der Waals surface area contributed by atoms with E-state index in [9.17, 15) is 22.8 Å². The Kier molecular flexibility index (Phi) is 5.76. The van der Waals surface area contributed by atoms with E-state index < -0.39 is 27.4 Å². The molecule has 0 radical (unpaired) electrons. The third kappa shape index (κ3) is 3.90. The van der Waals surface area contributed by atoms with Crippen molar-refractivity contribution in [1.82, 2.24) is 15.1 Å². The lowest BCUT2D eigenvalue weighted by molar-refractivity contribution is -0.142. The van der Waals surface area contributed by atoms with Crippen LogP contribution >= 0.6 is 0 Å². The summed E-state index contributed by atoms with van der Waals surface area (Å²) in [7, 11) is -3.15. The first-order chi connectivity index (χ1) is 13.1. The molecule has 1 N–H and O–H groups in total. The van der Waals surface area contributed by atoms with Crippen molar-refractivity contribution < 1.29 is 22.8 Å². The molecule has 0 bridgehead atoms. The highest BCUT2D eigenvalue weighted by Gasteiger charge is 2.53. The largest absolute Gasteiger partial charge is 0.334 e. The molecular formula is C19H31N3O5S. The Hall–Kier alpha value is -1.64. The second kappa shape index (κ2) is 7.65. The van der Waals surface area contributed by atoms with Crippen LogP contribution in [0, 0.1) is 5.92 Å². The number of carbonyl (C=O) groups excluding carboxylic acids is 3. The van der Waals surface area contributed by atoms with Gasteiger partial charge >= 0.3 is 6.03 Å². The second-order valence-corrected chi connectivity index (χ2v) is 10.9. The summed E-state index contributed by atoms with van der Waals surface area (Å²) in [4.78, 5) is 41.2. The smallest absolute Gasteiger partial charge is 0.325 e. The molecule has 0 aromatic carbocycles. The first kappa shape index (κ1) is 21.1. The van der Waals surface area contributed by atoms with E-state index in [-0.39, 0.29) is 35.9 Å². The molecule has 2 saturated heterocycles. The van der Waals surface area contributed by atoms with Crippen LogP contribution in [-0.4, -0.2) is 71.7 Å². The number of imide groups is 1. The zero-order valence-corrected chi connectivity index (χ0v) is 17.8. The van der Waals surface area contributed by atoms with Crippen molar-refractivity contribution in [2.24, 2.45) is 5.92 Å². The Balaban J connectivity index is 1.74. The Morgan fingerprint density at radius 1 is 1.29 bits per heavy atom. The Morgan fingerprint density at radius 3 is 2.46 bits per heavy atom. The predicted molar refractivity (Wildman–Crippen MR) is 104 cm³/mol. The van der Waals surface area contributed by atoms with Crippen LogP contribution in [0.3, 0.4) is 0 Å².